The Bertz CT molecular complexity index is 508. The molecule has 1 unspecified atom stereocenters. The fourth-order valence-electron chi connectivity index (χ4n) is 1.60. The number of benzene rings is 1. The van der Waals surface area contributed by atoms with Crippen LogP contribution in [0.4, 0.5) is 5.82 Å². The van der Waals surface area contributed by atoms with Gasteiger partial charge in [-0.1, -0.05) is 41.4 Å². The van der Waals surface area contributed by atoms with E-state index in [9.17, 15) is 0 Å². The average Bonchev–Trinajstić information content (AvgIpc) is 2.60. The molecule has 2 rings (SSSR count). The van der Waals surface area contributed by atoms with Gasteiger partial charge >= 0.3 is 0 Å². The number of hydrogen-bond donors (Lipinski definition) is 1. The van der Waals surface area contributed by atoms with Crippen LogP contribution >= 0.6 is 23.2 Å². The zero-order valence-electron chi connectivity index (χ0n) is 8.69. The normalized spacial score (nSPS) is 12.7. The second kappa shape index (κ2) is 4.36. The third-order valence-corrected chi connectivity index (χ3v) is 3.14. The minimum absolute atomic E-state index is 0.0406. The summed E-state index contributed by atoms with van der Waals surface area (Å²) in [6, 6.07) is 7.56. The molecule has 0 saturated heterocycles. The van der Waals surface area contributed by atoms with E-state index < -0.39 is 0 Å². The molecule has 1 aromatic carbocycles. The molecule has 16 heavy (non-hydrogen) atoms. The Kier molecular flexibility index (Phi) is 3.08. The van der Waals surface area contributed by atoms with Gasteiger partial charge in [-0.25, -0.2) is 4.68 Å². The van der Waals surface area contributed by atoms with Crippen LogP contribution in [0.5, 0.6) is 0 Å². The highest BCUT2D eigenvalue weighted by molar-refractivity contribution is 6.32. The Morgan fingerprint density at radius 1 is 1.25 bits per heavy atom. The summed E-state index contributed by atoms with van der Waals surface area (Å²) >= 11 is 12.0. The van der Waals surface area contributed by atoms with Crippen LogP contribution < -0.4 is 5.73 Å². The van der Waals surface area contributed by atoms with Gasteiger partial charge in [0.2, 0.25) is 0 Å². The van der Waals surface area contributed by atoms with Gasteiger partial charge in [0.05, 0.1) is 12.2 Å². The standard InChI is InChI=1S/C11H11Cl2N3/c1-7(8-4-2-3-5-9(8)12)16-11(14)10(13)6-15-16/h2-7H,14H2,1H3. The predicted molar refractivity (Wildman–Crippen MR) is 66.9 cm³/mol. The quantitative estimate of drug-likeness (QED) is 0.895. The number of rotatable bonds is 2. The van der Waals surface area contributed by atoms with Gasteiger partial charge in [-0.05, 0) is 18.6 Å². The van der Waals surface area contributed by atoms with Crippen molar-refractivity contribution >= 4 is 29.0 Å². The summed E-state index contributed by atoms with van der Waals surface area (Å²) in [5.41, 5.74) is 6.78. The van der Waals surface area contributed by atoms with E-state index in [1.165, 1.54) is 6.20 Å². The lowest BCUT2D eigenvalue weighted by atomic mass is 10.1. The van der Waals surface area contributed by atoms with Crippen LogP contribution in [0.1, 0.15) is 18.5 Å². The average molecular weight is 256 g/mol. The monoisotopic (exact) mass is 255 g/mol. The second-order valence-electron chi connectivity index (χ2n) is 3.52. The van der Waals surface area contributed by atoms with Gasteiger partial charge in [0, 0.05) is 5.02 Å². The lowest BCUT2D eigenvalue weighted by Crippen LogP contribution is -2.11. The van der Waals surface area contributed by atoms with Crippen molar-refractivity contribution in [3.63, 3.8) is 0 Å². The lowest BCUT2D eigenvalue weighted by Gasteiger charge is -2.15. The minimum atomic E-state index is -0.0406. The number of nitrogen functional groups attached to an aromatic ring is 1. The first kappa shape index (κ1) is 11.3. The Balaban J connectivity index is 2.43. The molecule has 2 N–H and O–H groups in total. The van der Waals surface area contributed by atoms with Gasteiger partial charge in [-0.15, -0.1) is 0 Å². The third kappa shape index (κ3) is 1.88. The predicted octanol–water partition coefficient (Wildman–Crippen LogP) is 3.38. The summed E-state index contributed by atoms with van der Waals surface area (Å²) in [4.78, 5) is 0. The molecule has 0 fully saturated rings. The molecule has 2 aromatic rings. The van der Waals surface area contributed by atoms with E-state index in [0.717, 1.165) is 5.56 Å². The van der Waals surface area contributed by atoms with Crippen molar-refractivity contribution in [1.82, 2.24) is 9.78 Å². The summed E-state index contributed by atoms with van der Waals surface area (Å²) in [6.45, 7) is 1.97. The molecule has 0 radical (unpaired) electrons. The van der Waals surface area contributed by atoms with E-state index in [1.807, 2.05) is 31.2 Å². The Labute approximate surface area is 104 Å². The van der Waals surface area contributed by atoms with E-state index in [2.05, 4.69) is 5.10 Å². The van der Waals surface area contributed by atoms with Gasteiger partial charge in [-0.3, -0.25) is 0 Å². The molecule has 0 saturated carbocycles. The fourth-order valence-corrected chi connectivity index (χ4v) is 2.03. The van der Waals surface area contributed by atoms with Crippen molar-refractivity contribution < 1.29 is 0 Å². The van der Waals surface area contributed by atoms with Gasteiger partial charge in [-0.2, -0.15) is 5.10 Å². The maximum Gasteiger partial charge on any atom is 0.141 e. The molecule has 0 bridgehead atoms. The summed E-state index contributed by atoms with van der Waals surface area (Å²) in [7, 11) is 0. The SMILES string of the molecule is CC(c1ccccc1Cl)n1ncc(Cl)c1N. The topological polar surface area (TPSA) is 43.8 Å². The summed E-state index contributed by atoms with van der Waals surface area (Å²) in [5, 5.41) is 5.29. The van der Waals surface area contributed by atoms with E-state index >= 15 is 0 Å². The number of hydrogen-bond acceptors (Lipinski definition) is 2. The van der Waals surface area contributed by atoms with Gasteiger partial charge in [0.15, 0.2) is 0 Å². The number of halogens is 2. The largest absolute Gasteiger partial charge is 0.383 e. The van der Waals surface area contributed by atoms with Crippen LogP contribution in [0.3, 0.4) is 0 Å². The molecule has 5 heteroatoms. The van der Waals surface area contributed by atoms with Crippen molar-refractivity contribution in [2.24, 2.45) is 0 Å². The van der Waals surface area contributed by atoms with Crippen LogP contribution in [-0.4, -0.2) is 9.78 Å². The van der Waals surface area contributed by atoms with Crippen LogP contribution in [-0.2, 0) is 0 Å². The van der Waals surface area contributed by atoms with Gasteiger partial charge < -0.3 is 5.73 Å². The molecule has 0 spiro atoms. The van der Waals surface area contributed by atoms with Crippen molar-refractivity contribution in [2.75, 3.05) is 5.73 Å². The number of nitrogens with zero attached hydrogens (tertiary/aromatic N) is 2. The highest BCUT2D eigenvalue weighted by Gasteiger charge is 2.15. The molecule has 0 aliphatic carbocycles. The summed E-state index contributed by atoms with van der Waals surface area (Å²) < 4.78 is 1.66. The van der Waals surface area contributed by atoms with Crippen LogP contribution in [0, 0.1) is 0 Å². The molecule has 0 aliphatic rings. The first-order valence-electron chi connectivity index (χ1n) is 4.84. The summed E-state index contributed by atoms with van der Waals surface area (Å²) in [6.07, 6.45) is 1.53. The molecule has 1 heterocycles. The van der Waals surface area contributed by atoms with Crippen LogP contribution in [0.25, 0.3) is 0 Å². The zero-order chi connectivity index (χ0) is 11.7. The van der Waals surface area contributed by atoms with Gasteiger partial charge in [0.25, 0.3) is 0 Å². The number of aromatic nitrogens is 2. The smallest absolute Gasteiger partial charge is 0.141 e. The zero-order valence-corrected chi connectivity index (χ0v) is 10.2. The Morgan fingerprint density at radius 2 is 1.94 bits per heavy atom. The molecule has 3 nitrogen and oxygen atoms in total. The van der Waals surface area contributed by atoms with Crippen molar-refractivity contribution in [3.05, 3.63) is 46.1 Å². The highest BCUT2D eigenvalue weighted by atomic mass is 35.5. The molecule has 1 aromatic heterocycles. The number of nitrogens with two attached hydrogens (primary N) is 1. The third-order valence-electron chi connectivity index (χ3n) is 2.51. The van der Waals surface area contributed by atoms with E-state index in [1.54, 1.807) is 4.68 Å². The fraction of sp³-hybridized carbons (Fsp3) is 0.182. The van der Waals surface area contributed by atoms with E-state index in [0.29, 0.717) is 15.9 Å². The maximum atomic E-state index is 6.11. The molecule has 1 atom stereocenters. The molecule has 0 aliphatic heterocycles. The minimum Gasteiger partial charge on any atom is -0.383 e. The Morgan fingerprint density at radius 3 is 2.50 bits per heavy atom. The molecule has 84 valence electrons. The maximum absolute atomic E-state index is 6.11. The van der Waals surface area contributed by atoms with E-state index in [-0.39, 0.29) is 6.04 Å². The highest BCUT2D eigenvalue weighted by Crippen LogP contribution is 2.29. The Hall–Kier alpha value is -1.19. The first-order valence-corrected chi connectivity index (χ1v) is 5.59. The summed E-state index contributed by atoms with van der Waals surface area (Å²) in [5.74, 6) is 0.453. The lowest BCUT2D eigenvalue weighted by molar-refractivity contribution is 0.573. The van der Waals surface area contributed by atoms with Crippen LogP contribution in [0.2, 0.25) is 10.0 Å². The van der Waals surface area contributed by atoms with Crippen LogP contribution in [0.15, 0.2) is 30.5 Å². The molecular formula is C11H11Cl2N3. The van der Waals surface area contributed by atoms with Crippen molar-refractivity contribution in [3.8, 4) is 0 Å². The number of anilines is 1. The van der Waals surface area contributed by atoms with E-state index in [4.69, 9.17) is 28.9 Å². The van der Waals surface area contributed by atoms with Crippen molar-refractivity contribution in [1.29, 1.82) is 0 Å². The first-order chi connectivity index (χ1) is 7.61. The molecular weight excluding hydrogens is 245 g/mol. The van der Waals surface area contributed by atoms with Gasteiger partial charge in [0.1, 0.15) is 10.8 Å². The molecule has 0 amide bonds. The van der Waals surface area contributed by atoms with Crippen molar-refractivity contribution in [2.45, 2.75) is 13.0 Å². The second-order valence-corrected chi connectivity index (χ2v) is 4.33.